The van der Waals surface area contributed by atoms with Gasteiger partial charge in [0.1, 0.15) is 5.75 Å². The summed E-state index contributed by atoms with van der Waals surface area (Å²) in [6.07, 6.45) is 0. The van der Waals surface area contributed by atoms with Crippen molar-refractivity contribution in [1.82, 2.24) is 14.9 Å². The molecule has 3 aromatic rings. The highest BCUT2D eigenvalue weighted by Gasteiger charge is 2.18. The number of fused-ring (bicyclic) bond motifs is 1. The van der Waals surface area contributed by atoms with Crippen molar-refractivity contribution in [3.63, 3.8) is 0 Å². The van der Waals surface area contributed by atoms with E-state index in [2.05, 4.69) is 10.3 Å². The molecular formula is C19H20ClN3O2S. The van der Waals surface area contributed by atoms with Crippen LogP contribution in [0.1, 0.15) is 12.5 Å². The summed E-state index contributed by atoms with van der Waals surface area (Å²) in [7, 11) is 3.57. The van der Waals surface area contributed by atoms with E-state index in [4.69, 9.17) is 16.3 Å². The molecular weight excluding hydrogens is 370 g/mol. The molecule has 1 aromatic heterocycles. The fraction of sp³-hybridized carbons (Fsp3) is 0.263. The fourth-order valence-electron chi connectivity index (χ4n) is 2.54. The first-order valence-electron chi connectivity index (χ1n) is 8.17. The van der Waals surface area contributed by atoms with Gasteiger partial charge in [0.25, 0.3) is 0 Å². The van der Waals surface area contributed by atoms with Gasteiger partial charge in [0, 0.05) is 18.6 Å². The third-order valence-corrected chi connectivity index (χ3v) is 5.46. The minimum atomic E-state index is -0.265. The highest BCUT2D eigenvalue weighted by atomic mass is 35.5. The number of thioether (sulfide) groups is 1. The molecule has 0 saturated carbocycles. The van der Waals surface area contributed by atoms with Crippen LogP contribution in [-0.2, 0) is 18.4 Å². The standard InChI is InChI=1S/C19H20ClN3O2S/c1-12(18(24)21-11-13-4-7-15(25-3)8-5-13)26-19-22-16-10-14(20)6-9-17(16)23(19)2/h4-10,12H,11H2,1-3H3,(H,21,24)/t12-/m0/s1. The molecule has 0 saturated heterocycles. The van der Waals surface area contributed by atoms with E-state index >= 15 is 0 Å². The largest absolute Gasteiger partial charge is 0.497 e. The van der Waals surface area contributed by atoms with Crippen LogP contribution in [0.5, 0.6) is 5.75 Å². The maximum atomic E-state index is 12.4. The van der Waals surface area contributed by atoms with Crippen LogP contribution >= 0.6 is 23.4 Å². The Morgan fingerprint density at radius 3 is 2.73 bits per heavy atom. The van der Waals surface area contributed by atoms with Crippen LogP contribution in [0.2, 0.25) is 5.02 Å². The quantitative estimate of drug-likeness (QED) is 0.646. The van der Waals surface area contributed by atoms with Crippen LogP contribution in [0.4, 0.5) is 0 Å². The van der Waals surface area contributed by atoms with Crippen LogP contribution in [0.25, 0.3) is 11.0 Å². The van der Waals surface area contributed by atoms with Gasteiger partial charge in [0.05, 0.1) is 23.4 Å². The summed E-state index contributed by atoms with van der Waals surface area (Å²) >= 11 is 7.45. The van der Waals surface area contributed by atoms with E-state index in [0.717, 1.165) is 27.5 Å². The normalized spacial score (nSPS) is 12.2. The van der Waals surface area contributed by atoms with E-state index < -0.39 is 0 Å². The number of carbonyl (C=O) groups excluding carboxylic acids is 1. The van der Waals surface area contributed by atoms with Crippen LogP contribution in [-0.4, -0.2) is 27.8 Å². The Morgan fingerprint density at radius 2 is 2.04 bits per heavy atom. The number of nitrogens with one attached hydrogen (secondary N) is 1. The fourth-order valence-corrected chi connectivity index (χ4v) is 3.62. The summed E-state index contributed by atoms with van der Waals surface area (Å²) in [6, 6.07) is 13.2. The van der Waals surface area contributed by atoms with Crippen molar-refractivity contribution in [1.29, 1.82) is 0 Å². The monoisotopic (exact) mass is 389 g/mol. The smallest absolute Gasteiger partial charge is 0.233 e. The lowest BCUT2D eigenvalue weighted by Gasteiger charge is -2.12. The summed E-state index contributed by atoms with van der Waals surface area (Å²) in [6.45, 7) is 2.35. The molecule has 7 heteroatoms. The Balaban J connectivity index is 1.62. The Kier molecular flexibility index (Phi) is 5.74. The number of carbonyl (C=O) groups is 1. The number of amides is 1. The van der Waals surface area contributed by atoms with Gasteiger partial charge < -0.3 is 14.6 Å². The summed E-state index contributed by atoms with van der Waals surface area (Å²) < 4.78 is 7.11. The molecule has 0 aliphatic heterocycles. The minimum absolute atomic E-state index is 0.0316. The molecule has 3 rings (SSSR count). The van der Waals surface area contributed by atoms with E-state index in [1.165, 1.54) is 11.8 Å². The van der Waals surface area contributed by atoms with E-state index in [1.807, 2.05) is 61.0 Å². The van der Waals surface area contributed by atoms with Crippen molar-refractivity contribution in [3.05, 3.63) is 53.1 Å². The summed E-state index contributed by atoms with van der Waals surface area (Å²) in [5.41, 5.74) is 2.84. The Labute approximate surface area is 161 Å². The van der Waals surface area contributed by atoms with Gasteiger partial charge in [0.2, 0.25) is 5.91 Å². The molecule has 0 spiro atoms. The molecule has 1 amide bonds. The third-order valence-electron chi connectivity index (χ3n) is 4.08. The Hall–Kier alpha value is -2.18. The van der Waals surface area contributed by atoms with Gasteiger partial charge in [-0.3, -0.25) is 4.79 Å². The maximum absolute atomic E-state index is 12.4. The zero-order valence-corrected chi connectivity index (χ0v) is 16.4. The number of imidazole rings is 1. The number of rotatable bonds is 6. The predicted molar refractivity (Wildman–Crippen MR) is 106 cm³/mol. The first kappa shape index (κ1) is 18.6. The number of benzene rings is 2. The number of aromatic nitrogens is 2. The molecule has 26 heavy (non-hydrogen) atoms. The SMILES string of the molecule is COc1ccc(CNC(=O)[C@H](C)Sc2nc3cc(Cl)ccc3n2C)cc1. The van der Waals surface area contributed by atoms with Crippen LogP contribution in [0.15, 0.2) is 47.6 Å². The molecule has 0 bridgehead atoms. The molecule has 2 aromatic carbocycles. The number of methoxy groups -OCH3 is 1. The summed E-state index contributed by atoms with van der Waals surface area (Å²) in [4.78, 5) is 17.0. The van der Waals surface area contributed by atoms with E-state index in [-0.39, 0.29) is 11.2 Å². The first-order chi connectivity index (χ1) is 12.5. The van der Waals surface area contributed by atoms with Crippen molar-refractivity contribution >= 4 is 40.3 Å². The molecule has 1 atom stereocenters. The van der Waals surface area contributed by atoms with Crippen molar-refractivity contribution in [2.45, 2.75) is 23.9 Å². The Bertz CT molecular complexity index is 924. The average Bonchev–Trinajstić information content (AvgIpc) is 2.94. The molecule has 5 nitrogen and oxygen atoms in total. The van der Waals surface area contributed by atoms with Gasteiger partial charge in [-0.15, -0.1) is 0 Å². The zero-order valence-electron chi connectivity index (χ0n) is 14.8. The van der Waals surface area contributed by atoms with E-state index in [1.54, 1.807) is 7.11 Å². The van der Waals surface area contributed by atoms with Crippen molar-refractivity contribution < 1.29 is 9.53 Å². The lowest BCUT2D eigenvalue weighted by atomic mass is 10.2. The molecule has 0 unspecified atom stereocenters. The number of ether oxygens (including phenoxy) is 1. The van der Waals surface area contributed by atoms with Gasteiger partial charge in [-0.2, -0.15) is 0 Å². The second-order valence-electron chi connectivity index (χ2n) is 5.91. The minimum Gasteiger partial charge on any atom is -0.497 e. The van der Waals surface area contributed by atoms with Crippen molar-refractivity contribution in [2.24, 2.45) is 7.05 Å². The van der Waals surface area contributed by atoms with E-state index in [0.29, 0.717) is 11.6 Å². The van der Waals surface area contributed by atoms with E-state index in [9.17, 15) is 4.79 Å². The van der Waals surface area contributed by atoms with Gasteiger partial charge in [0.15, 0.2) is 5.16 Å². The lowest BCUT2D eigenvalue weighted by molar-refractivity contribution is -0.120. The second-order valence-corrected chi connectivity index (χ2v) is 7.66. The van der Waals surface area contributed by atoms with Crippen molar-refractivity contribution in [3.8, 4) is 5.75 Å². The topological polar surface area (TPSA) is 56.1 Å². The number of aryl methyl sites for hydroxylation is 1. The molecule has 0 radical (unpaired) electrons. The van der Waals surface area contributed by atoms with Crippen LogP contribution in [0, 0.1) is 0 Å². The number of hydrogen-bond acceptors (Lipinski definition) is 4. The lowest BCUT2D eigenvalue weighted by Crippen LogP contribution is -2.30. The molecule has 1 N–H and O–H groups in total. The number of nitrogens with zero attached hydrogens (tertiary/aromatic N) is 2. The van der Waals surface area contributed by atoms with Crippen LogP contribution < -0.4 is 10.1 Å². The van der Waals surface area contributed by atoms with Crippen LogP contribution in [0.3, 0.4) is 0 Å². The van der Waals surface area contributed by atoms with Crippen molar-refractivity contribution in [2.75, 3.05) is 7.11 Å². The molecule has 1 heterocycles. The van der Waals surface area contributed by atoms with Gasteiger partial charge in [-0.25, -0.2) is 4.98 Å². The Morgan fingerprint density at radius 1 is 1.31 bits per heavy atom. The number of halogens is 1. The molecule has 0 fully saturated rings. The summed E-state index contributed by atoms with van der Waals surface area (Å²) in [5, 5.41) is 4.13. The highest BCUT2D eigenvalue weighted by molar-refractivity contribution is 8.00. The predicted octanol–water partition coefficient (Wildman–Crippen LogP) is 4.03. The van der Waals surface area contributed by atoms with Gasteiger partial charge in [-0.05, 0) is 42.8 Å². The van der Waals surface area contributed by atoms with Gasteiger partial charge >= 0.3 is 0 Å². The molecule has 136 valence electrons. The second kappa shape index (κ2) is 8.01. The summed E-state index contributed by atoms with van der Waals surface area (Å²) in [5.74, 6) is 0.766. The maximum Gasteiger partial charge on any atom is 0.233 e. The zero-order chi connectivity index (χ0) is 18.7. The van der Waals surface area contributed by atoms with Gasteiger partial charge in [-0.1, -0.05) is 35.5 Å². The third kappa shape index (κ3) is 4.14. The average molecular weight is 390 g/mol. The molecule has 0 aliphatic carbocycles. The number of hydrogen-bond donors (Lipinski definition) is 1. The first-order valence-corrected chi connectivity index (χ1v) is 9.43. The highest BCUT2D eigenvalue weighted by Crippen LogP contribution is 2.27. The molecule has 0 aliphatic rings.